The topological polar surface area (TPSA) is 26.3 Å². The molecule has 0 aromatic heterocycles. The van der Waals surface area contributed by atoms with Gasteiger partial charge in [0.1, 0.15) is 5.75 Å². The van der Waals surface area contributed by atoms with E-state index in [1.165, 1.54) is 0 Å². The molecule has 4 heteroatoms. The molecule has 0 spiro atoms. The predicted octanol–water partition coefficient (Wildman–Crippen LogP) is 4.60. The van der Waals surface area contributed by atoms with Gasteiger partial charge in [0.2, 0.25) is 0 Å². The van der Waals surface area contributed by atoms with Gasteiger partial charge >= 0.3 is 7.37 Å². The molecule has 0 bridgehead atoms. The zero-order valence-electron chi connectivity index (χ0n) is 11.7. The lowest BCUT2D eigenvalue weighted by Gasteiger charge is -2.20. The smallest absolute Gasteiger partial charge is 0.306 e. The molecule has 0 atom stereocenters. The van der Waals surface area contributed by atoms with Gasteiger partial charge in [-0.1, -0.05) is 36.4 Å². The summed E-state index contributed by atoms with van der Waals surface area (Å²) < 4.78 is 20.7. The molecule has 3 aromatic carbocycles. The van der Waals surface area contributed by atoms with Gasteiger partial charge in [0.25, 0.3) is 0 Å². The van der Waals surface area contributed by atoms with Crippen molar-refractivity contribution in [1.29, 1.82) is 0 Å². The third-order valence-corrected chi connectivity index (χ3v) is 6.38. The molecule has 0 saturated carbocycles. The average molecular weight is 420 g/mol. The van der Waals surface area contributed by atoms with Crippen molar-refractivity contribution < 1.29 is 9.09 Å². The molecule has 110 valence electrons. The lowest BCUT2D eigenvalue weighted by molar-refractivity contribution is 0.503. The molecule has 0 fully saturated rings. The molecule has 22 heavy (non-hydrogen) atoms. The van der Waals surface area contributed by atoms with E-state index in [-0.39, 0.29) is 0 Å². The van der Waals surface area contributed by atoms with E-state index in [1.54, 1.807) is 0 Å². The van der Waals surface area contributed by atoms with Crippen LogP contribution in [-0.2, 0) is 4.57 Å². The van der Waals surface area contributed by atoms with E-state index < -0.39 is 7.37 Å². The summed E-state index contributed by atoms with van der Waals surface area (Å²) in [5, 5.41) is 1.39. The van der Waals surface area contributed by atoms with Crippen LogP contribution in [0.5, 0.6) is 5.75 Å². The maximum Gasteiger partial charge on any atom is 0.306 e. The van der Waals surface area contributed by atoms with Gasteiger partial charge in [-0.25, -0.2) is 0 Å². The van der Waals surface area contributed by atoms with Crippen LogP contribution in [0.4, 0.5) is 0 Å². The molecule has 0 unspecified atom stereocenters. The van der Waals surface area contributed by atoms with Crippen LogP contribution in [0.2, 0.25) is 0 Å². The van der Waals surface area contributed by atoms with Crippen molar-refractivity contribution >= 4 is 40.6 Å². The fourth-order valence-corrected chi connectivity index (χ4v) is 4.56. The third-order valence-electron chi connectivity index (χ3n) is 3.24. The number of rotatable bonds is 4. The number of halogens is 1. The molecule has 0 saturated heterocycles. The van der Waals surface area contributed by atoms with Crippen molar-refractivity contribution in [3.8, 4) is 5.75 Å². The maximum absolute atomic E-state index is 13.6. The highest BCUT2D eigenvalue weighted by Crippen LogP contribution is 2.45. The molecule has 0 heterocycles. The Bertz CT molecular complexity index is 743. The van der Waals surface area contributed by atoms with Gasteiger partial charge in [-0.15, -0.1) is 0 Å². The number of hydrogen-bond donors (Lipinski definition) is 0. The van der Waals surface area contributed by atoms with Crippen LogP contribution in [0.3, 0.4) is 0 Å². The van der Waals surface area contributed by atoms with Crippen LogP contribution in [0.25, 0.3) is 0 Å². The van der Waals surface area contributed by atoms with E-state index in [4.69, 9.17) is 4.52 Å². The molecule has 2 nitrogen and oxygen atoms in total. The lowest BCUT2D eigenvalue weighted by Crippen LogP contribution is -2.19. The van der Waals surface area contributed by atoms with Crippen LogP contribution >= 0.6 is 30.0 Å². The molecule has 3 aromatic rings. The summed E-state index contributed by atoms with van der Waals surface area (Å²) in [7, 11) is -3.16. The maximum atomic E-state index is 13.6. The third kappa shape index (κ3) is 3.26. The first-order chi connectivity index (χ1) is 10.7. The van der Waals surface area contributed by atoms with Gasteiger partial charge in [-0.2, -0.15) is 0 Å². The fraction of sp³-hybridized carbons (Fsp3) is 0. The molecule has 0 aliphatic heterocycles. The predicted molar refractivity (Wildman–Crippen MR) is 99.5 cm³/mol. The second-order valence-corrected chi connectivity index (χ2v) is 8.33. The largest absolute Gasteiger partial charge is 0.437 e. The van der Waals surface area contributed by atoms with Crippen molar-refractivity contribution in [3.05, 3.63) is 88.5 Å². The molecule has 0 N–H and O–H groups in total. The quantitative estimate of drug-likeness (QED) is 0.456. The SMILES string of the molecule is O=P(Oc1ccc(I)cc1)(c1ccccc1)c1ccccc1. The standard InChI is InChI=1S/C18H14IO2P/c19-15-11-13-16(14-12-15)21-22(20,17-7-3-1-4-8-17)18-9-5-2-6-10-18/h1-14H. The lowest BCUT2D eigenvalue weighted by atomic mass is 10.3. The van der Waals surface area contributed by atoms with Crippen molar-refractivity contribution in [2.45, 2.75) is 0 Å². The van der Waals surface area contributed by atoms with Gasteiger partial charge in [0, 0.05) is 3.57 Å². The zero-order valence-corrected chi connectivity index (χ0v) is 14.8. The summed E-state index contributed by atoms with van der Waals surface area (Å²) >= 11 is 2.23. The molecule has 0 aliphatic carbocycles. The van der Waals surface area contributed by atoms with Crippen LogP contribution in [0.15, 0.2) is 84.9 Å². The van der Waals surface area contributed by atoms with E-state index in [9.17, 15) is 4.57 Å². The molecular weight excluding hydrogens is 406 g/mol. The summed E-state index contributed by atoms with van der Waals surface area (Å²) in [5.41, 5.74) is 0. The average Bonchev–Trinajstić information content (AvgIpc) is 2.58. The molecule has 0 aliphatic rings. The first-order valence-electron chi connectivity index (χ1n) is 6.85. The monoisotopic (exact) mass is 420 g/mol. The van der Waals surface area contributed by atoms with E-state index >= 15 is 0 Å². The van der Waals surface area contributed by atoms with Crippen molar-refractivity contribution in [2.75, 3.05) is 0 Å². The Kier molecular flexibility index (Phi) is 4.65. The van der Waals surface area contributed by atoms with Crippen LogP contribution in [-0.4, -0.2) is 0 Å². The van der Waals surface area contributed by atoms with Crippen molar-refractivity contribution in [3.63, 3.8) is 0 Å². The Hall–Kier alpha value is -1.58. The Morgan fingerprint density at radius 2 is 1.14 bits per heavy atom. The van der Waals surface area contributed by atoms with Crippen molar-refractivity contribution in [1.82, 2.24) is 0 Å². The van der Waals surface area contributed by atoms with Gasteiger partial charge in [0.15, 0.2) is 0 Å². The molecule has 0 radical (unpaired) electrons. The first-order valence-corrected chi connectivity index (χ1v) is 9.55. The zero-order chi connectivity index (χ0) is 15.4. The Morgan fingerprint density at radius 3 is 1.59 bits per heavy atom. The Labute approximate surface area is 143 Å². The normalized spacial score (nSPS) is 11.1. The van der Waals surface area contributed by atoms with Gasteiger partial charge in [-0.05, 0) is 71.1 Å². The highest BCUT2D eigenvalue weighted by Gasteiger charge is 2.29. The second kappa shape index (κ2) is 6.67. The summed E-state index contributed by atoms with van der Waals surface area (Å²) in [5.74, 6) is 0.608. The van der Waals surface area contributed by atoms with Gasteiger partial charge in [0.05, 0.1) is 10.6 Å². The van der Waals surface area contributed by atoms with E-state index in [0.29, 0.717) is 16.4 Å². The Balaban J connectivity index is 2.08. The summed E-state index contributed by atoms with van der Waals surface area (Å²) in [6.45, 7) is 0. The molecule has 0 amide bonds. The van der Waals surface area contributed by atoms with E-state index in [0.717, 1.165) is 3.57 Å². The fourth-order valence-electron chi connectivity index (χ4n) is 2.15. The summed E-state index contributed by atoms with van der Waals surface area (Å²) in [6.07, 6.45) is 0. The van der Waals surface area contributed by atoms with Gasteiger partial charge in [-0.3, -0.25) is 4.57 Å². The van der Waals surface area contributed by atoms with Crippen LogP contribution < -0.4 is 15.1 Å². The van der Waals surface area contributed by atoms with Crippen molar-refractivity contribution in [2.24, 2.45) is 0 Å². The van der Waals surface area contributed by atoms with Gasteiger partial charge < -0.3 is 4.52 Å². The molecular formula is C18H14IO2P. The number of hydrogen-bond acceptors (Lipinski definition) is 2. The van der Waals surface area contributed by atoms with E-state index in [2.05, 4.69) is 22.6 Å². The highest BCUT2D eigenvalue weighted by molar-refractivity contribution is 14.1. The number of benzene rings is 3. The van der Waals surface area contributed by atoms with Crippen LogP contribution in [0, 0.1) is 3.57 Å². The summed E-state index contributed by atoms with van der Waals surface area (Å²) in [6, 6.07) is 26.3. The van der Waals surface area contributed by atoms with Crippen LogP contribution in [0.1, 0.15) is 0 Å². The molecule has 3 rings (SSSR count). The minimum Gasteiger partial charge on any atom is -0.437 e. The Morgan fingerprint density at radius 1 is 0.682 bits per heavy atom. The minimum absolute atomic E-state index is 0.608. The summed E-state index contributed by atoms with van der Waals surface area (Å²) in [4.78, 5) is 0. The second-order valence-electron chi connectivity index (χ2n) is 4.77. The minimum atomic E-state index is -3.16. The highest BCUT2D eigenvalue weighted by atomic mass is 127. The first kappa shape index (κ1) is 15.3. The van der Waals surface area contributed by atoms with E-state index in [1.807, 2.05) is 84.9 Å².